The van der Waals surface area contributed by atoms with Crippen LogP contribution in [0.2, 0.25) is 0 Å². The number of nitrogens with one attached hydrogen (secondary N) is 3. The number of para-hydroxylation sites is 1. The third kappa shape index (κ3) is 5.93. The molecule has 1 unspecified atom stereocenters. The molecule has 1 saturated heterocycles. The van der Waals surface area contributed by atoms with Crippen molar-refractivity contribution in [3.63, 3.8) is 0 Å². The van der Waals surface area contributed by atoms with Crippen LogP contribution in [0, 0.1) is 10.1 Å². The number of amides is 3. The summed E-state index contributed by atoms with van der Waals surface area (Å²) < 4.78 is 0. The fourth-order valence-corrected chi connectivity index (χ4v) is 5.55. The van der Waals surface area contributed by atoms with E-state index in [9.17, 15) is 19.7 Å². The van der Waals surface area contributed by atoms with Gasteiger partial charge in [0.05, 0.1) is 22.2 Å². The zero-order chi connectivity index (χ0) is 27.4. The van der Waals surface area contributed by atoms with Gasteiger partial charge >= 0.3 is 6.03 Å². The van der Waals surface area contributed by atoms with Gasteiger partial charge < -0.3 is 20.9 Å². The summed E-state index contributed by atoms with van der Waals surface area (Å²) in [5.74, 6) is 0.778. The highest BCUT2D eigenvalue weighted by Crippen LogP contribution is 2.40. The maximum absolute atomic E-state index is 13.5. The van der Waals surface area contributed by atoms with Crippen molar-refractivity contribution in [2.45, 2.75) is 19.4 Å². The molecule has 198 valence electrons. The van der Waals surface area contributed by atoms with Crippen LogP contribution in [-0.4, -0.2) is 39.2 Å². The predicted molar refractivity (Wildman–Crippen MR) is 154 cm³/mol. The van der Waals surface area contributed by atoms with Crippen LogP contribution in [0.1, 0.15) is 24.9 Å². The van der Waals surface area contributed by atoms with Crippen LogP contribution in [0.25, 0.3) is 0 Å². The van der Waals surface area contributed by atoms with Gasteiger partial charge in [0, 0.05) is 41.5 Å². The summed E-state index contributed by atoms with van der Waals surface area (Å²) in [6.07, 6.45) is 0.981. The number of fused-ring (bicyclic) bond motifs is 1. The normalized spacial score (nSPS) is 16.6. The monoisotopic (exact) mass is 542 g/mol. The summed E-state index contributed by atoms with van der Waals surface area (Å²) in [4.78, 5) is 43.3. The summed E-state index contributed by atoms with van der Waals surface area (Å²) in [7, 11) is 0. The Morgan fingerprint density at radius 2 is 1.54 bits per heavy atom. The number of thioether (sulfide) groups is 1. The van der Waals surface area contributed by atoms with E-state index in [0.29, 0.717) is 28.3 Å². The van der Waals surface area contributed by atoms with Crippen LogP contribution in [0.3, 0.4) is 0 Å². The number of amidine groups is 1. The quantitative estimate of drug-likeness (QED) is 0.259. The summed E-state index contributed by atoms with van der Waals surface area (Å²) in [6, 6.07) is 21.5. The summed E-state index contributed by atoms with van der Waals surface area (Å²) in [6.45, 7) is 2.65. The molecule has 0 aromatic heterocycles. The van der Waals surface area contributed by atoms with Gasteiger partial charge in [0.2, 0.25) is 0 Å². The van der Waals surface area contributed by atoms with Gasteiger partial charge in [0.15, 0.2) is 5.17 Å². The van der Waals surface area contributed by atoms with E-state index in [0.717, 1.165) is 29.4 Å². The van der Waals surface area contributed by atoms with Crippen molar-refractivity contribution in [2.24, 2.45) is 4.99 Å². The van der Waals surface area contributed by atoms with E-state index in [2.05, 4.69) is 20.9 Å². The molecule has 3 amide bonds. The minimum atomic E-state index is -0.498. The van der Waals surface area contributed by atoms with E-state index in [-0.39, 0.29) is 17.6 Å². The van der Waals surface area contributed by atoms with Crippen LogP contribution in [0.4, 0.5) is 27.5 Å². The van der Waals surface area contributed by atoms with Gasteiger partial charge in [-0.3, -0.25) is 14.9 Å². The number of allylic oxidation sites excluding steroid dienone is 1. The van der Waals surface area contributed by atoms with E-state index in [1.54, 1.807) is 23.9 Å². The van der Waals surface area contributed by atoms with Crippen molar-refractivity contribution in [3.05, 3.63) is 106 Å². The Hall–Kier alpha value is -4.64. The number of nitro benzene ring substituents is 1. The summed E-state index contributed by atoms with van der Waals surface area (Å²) >= 11 is 1.69. The molecular weight excluding hydrogens is 516 g/mol. The van der Waals surface area contributed by atoms with E-state index < -0.39 is 11.0 Å². The van der Waals surface area contributed by atoms with E-state index in [1.807, 2.05) is 49.4 Å². The number of nitro groups is 1. The number of hydrogen-bond donors (Lipinski definition) is 3. The summed E-state index contributed by atoms with van der Waals surface area (Å²) in [5, 5.41) is 20.2. The molecule has 0 saturated carbocycles. The number of anilines is 3. The highest BCUT2D eigenvalue weighted by Gasteiger charge is 2.37. The standard InChI is InChI=1S/C28H26N6O4S/c1-18-24(26(35)30-20-6-3-2-4-7-20)25(33-16-5-17-39-28(33)29-18)19-8-10-21(11-9-19)31-27(36)32-22-12-14-23(15-13-22)34(37)38/h2-4,6-15,25H,5,16-17H2,1H3,(H,30,35)(H2,31,32,36). The molecule has 3 N–H and O–H groups in total. The number of benzene rings is 3. The lowest BCUT2D eigenvalue weighted by atomic mass is 9.93. The number of carbonyl (C=O) groups excluding carboxylic acids is 2. The molecule has 1 fully saturated rings. The molecule has 0 spiro atoms. The Labute approximate surface area is 229 Å². The molecule has 10 nitrogen and oxygen atoms in total. The molecule has 2 heterocycles. The molecule has 2 aliphatic rings. The molecule has 2 aliphatic heterocycles. The largest absolute Gasteiger partial charge is 0.340 e. The van der Waals surface area contributed by atoms with E-state index >= 15 is 0 Å². The van der Waals surface area contributed by atoms with Crippen LogP contribution in [0.5, 0.6) is 0 Å². The van der Waals surface area contributed by atoms with Gasteiger partial charge in [-0.1, -0.05) is 42.1 Å². The lowest BCUT2D eigenvalue weighted by molar-refractivity contribution is -0.384. The number of rotatable bonds is 6. The topological polar surface area (TPSA) is 129 Å². The molecule has 0 aliphatic carbocycles. The molecule has 3 aromatic carbocycles. The van der Waals surface area contributed by atoms with Gasteiger partial charge in [-0.05, 0) is 55.3 Å². The third-order valence-corrected chi connectivity index (χ3v) is 7.43. The number of aliphatic imine (C=N–C) groups is 1. The van der Waals surface area contributed by atoms with Gasteiger partial charge in [0.1, 0.15) is 0 Å². The maximum Gasteiger partial charge on any atom is 0.323 e. The third-order valence-electron chi connectivity index (χ3n) is 6.36. The molecule has 5 rings (SSSR count). The minimum Gasteiger partial charge on any atom is -0.340 e. The minimum absolute atomic E-state index is 0.0549. The van der Waals surface area contributed by atoms with Crippen LogP contribution in [-0.2, 0) is 4.79 Å². The average molecular weight is 543 g/mol. The molecule has 3 aromatic rings. The average Bonchev–Trinajstić information content (AvgIpc) is 2.93. The number of hydrogen-bond acceptors (Lipinski definition) is 7. The fourth-order valence-electron chi connectivity index (χ4n) is 4.53. The van der Waals surface area contributed by atoms with Gasteiger partial charge in [0.25, 0.3) is 11.6 Å². The highest BCUT2D eigenvalue weighted by atomic mass is 32.2. The van der Waals surface area contributed by atoms with Crippen molar-refractivity contribution in [2.75, 3.05) is 28.2 Å². The molecule has 11 heteroatoms. The van der Waals surface area contributed by atoms with Crippen molar-refractivity contribution >= 4 is 51.6 Å². The fraction of sp³-hybridized carbons (Fsp3) is 0.179. The zero-order valence-electron chi connectivity index (χ0n) is 21.1. The first-order valence-corrected chi connectivity index (χ1v) is 13.4. The predicted octanol–water partition coefficient (Wildman–Crippen LogP) is 6.00. The lowest BCUT2D eigenvalue weighted by Gasteiger charge is -2.40. The maximum atomic E-state index is 13.5. The number of carbonyl (C=O) groups is 2. The first-order chi connectivity index (χ1) is 18.9. The van der Waals surface area contributed by atoms with Gasteiger partial charge in [-0.2, -0.15) is 0 Å². The van der Waals surface area contributed by atoms with Crippen LogP contribution in [0.15, 0.2) is 95.1 Å². The first-order valence-electron chi connectivity index (χ1n) is 12.4. The highest BCUT2D eigenvalue weighted by molar-refractivity contribution is 8.13. The molecular formula is C28H26N6O4S. The molecule has 0 bridgehead atoms. The Balaban J connectivity index is 1.35. The molecule has 1 atom stereocenters. The second-order valence-corrected chi connectivity index (χ2v) is 10.1. The number of nitrogens with zero attached hydrogens (tertiary/aromatic N) is 3. The number of non-ortho nitro benzene ring substituents is 1. The first kappa shape index (κ1) is 26.0. The van der Waals surface area contributed by atoms with Gasteiger partial charge in [-0.15, -0.1) is 0 Å². The molecule has 0 radical (unpaired) electrons. The smallest absolute Gasteiger partial charge is 0.323 e. The summed E-state index contributed by atoms with van der Waals surface area (Å²) in [5.41, 5.74) is 3.82. The van der Waals surface area contributed by atoms with Crippen LogP contribution < -0.4 is 16.0 Å². The van der Waals surface area contributed by atoms with Crippen LogP contribution >= 0.6 is 11.8 Å². The Bertz CT molecular complexity index is 1460. The Kier molecular flexibility index (Phi) is 7.60. The van der Waals surface area contributed by atoms with Crippen molar-refractivity contribution in [1.29, 1.82) is 0 Å². The lowest BCUT2D eigenvalue weighted by Crippen LogP contribution is -2.43. The number of urea groups is 1. The second-order valence-electron chi connectivity index (χ2n) is 9.02. The molecule has 39 heavy (non-hydrogen) atoms. The zero-order valence-corrected chi connectivity index (χ0v) is 21.9. The Morgan fingerprint density at radius 3 is 2.18 bits per heavy atom. The van der Waals surface area contributed by atoms with Crippen molar-refractivity contribution in [3.8, 4) is 0 Å². The SMILES string of the molecule is CC1=C(C(=O)Nc2ccccc2)C(c2ccc(NC(=O)Nc3ccc([N+](=O)[O-])cc3)cc2)N2CCCSC2=N1. The van der Waals surface area contributed by atoms with E-state index in [4.69, 9.17) is 4.99 Å². The van der Waals surface area contributed by atoms with Gasteiger partial charge in [-0.25, -0.2) is 9.79 Å². The second kappa shape index (κ2) is 11.4. The van der Waals surface area contributed by atoms with Crippen molar-refractivity contribution < 1.29 is 14.5 Å². The van der Waals surface area contributed by atoms with E-state index in [1.165, 1.54) is 24.3 Å². The Morgan fingerprint density at radius 1 is 0.923 bits per heavy atom. The van der Waals surface area contributed by atoms with Crippen molar-refractivity contribution in [1.82, 2.24) is 4.90 Å².